The topological polar surface area (TPSA) is 70.6 Å². The molecule has 0 heterocycles. The van der Waals surface area contributed by atoms with Crippen LogP contribution in [0, 0.1) is 17.2 Å². The lowest BCUT2D eigenvalue weighted by molar-refractivity contribution is -0.136. The standard InChI is InChI=1S/C18H24FN3O2/c1-18(2,3)12-8-10-13(11-9-12)21-22-17(24)16(23)20-15-7-5-4-6-14(15)19/h4-7,12H,8-11H2,1-3H3,(H,20,23)(H,22,24). The zero-order valence-electron chi connectivity index (χ0n) is 14.4. The third-order valence-electron chi connectivity index (χ3n) is 4.43. The molecule has 0 radical (unpaired) electrons. The number of amides is 2. The third-order valence-corrected chi connectivity index (χ3v) is 4.43. The molecule has 0 saturated heterocycles. The van der Waals surface area contributed by atoms with Crippen molar-refractivity contribution < 1.29 is 14.0 Å². The maximum absolute atomic E-state index is 13.4. The highest BCUT2D eigenvalue weighted by atomic mass is 19.1. The van der Waals surface area contributed by atoms with Gasteiger partial charge in [0, 0.05) is 5.71 Å². The number of carbonyl (C=O) groups excluding carboxylic acids is 2. The Hall–Kier alpha value is -2.24. The van der Waals surface area contributed by atoms with Crippen molar-refractivity contribution in [2.24, 2.45) is 16.4 Å². The Bertz CT molecular complexity index is 640. The maximum Gasteiger partial charge on any atom is 0.329 e. The number of nitrogens with one attached hydrogen (secondary N) is 2. The highest BCUT2D eigenvalue weighted by Gasteiger charge is 2.28. The molecule has 2 amide bonds. The van der Waals surface area contributed by atoms with Gasteiger partial charge < -0.3 is 5.32 Å². The average Bonchev–Trinajstić information content (AvgIpc) is 2.54. The molecule has 0 bridgehead atoms. The number of hydrogen-bond donors (Lipinski definition) is 2. The van der Waals surface area contributed by atoms with Crippen LogP contribution in [0.1, 0.15) is 46.5 Å². The van der Waals surface area contributed by atoms with Gasteiger partial charge in [-0.05, 0) is 49.1 Å². The van der Waals surface area contributed by atoms with E-state index in [4.69, 9.17) is 0 Å². The van der Waals surface area contributed by atoms with Gasteiger partial charge in [0.25, 0.3) is 0 Å². The van der Waals surface area contributed by atoms with E-state index in [0.29, 0.717) is 5.92 Å². The fraction of sp³-hybridized carbons (Fsp3) is 0.500. The van der Waals surface area contributed by atoms with E-state index in [9.17, 15) is 14.0 Å². The van der Waals surface area contributed by atoms with Gasteiger partial charge in [0.2, 0.25) is 0 Å². The summed E-state index contributed by atoms with van der Waals surface area (Å²) in [5.74, 6) is -1.79. The normalized spacial score (nSPS) is 18.0. The highest BCUT2D eigenvalue weighted by molar-refractivity contribution is 6.39. The van der Waals surface area contributed by atoms with E-state index in [0.717, 1.165) is 31.4 Å². The van der Waals surface area contributed by atoms with Crippen molar-refractivity contribution in [2.45, 2.75) is 46.5 Å². The second-order valence-electron chi connectivity index (χ2n) is 7.19. The van der Waals surface area contributed by atoms with Crippen molar-refractivity contribution in [1.82, 2.24) is 5.43 Å². The van der Waals surface area contributed by atoms with Crippen LogP contribution in [0.5, 0.6) is 0 Å². The average molecular weight is 333 g/mol. The van der Waals surface area contributed by atoms with Crippen molar-refractivity contribution in [3.05, 3.63) is 30.1 Å². The van der Waals surface area contributed by atoms with E-state index in [1.807, 2.05) is 0 Å². The lowest BCUT2D eigenvalue weighted by Gasteiger charge is -2.34. The van der Waals surface area contributed by atoms with Gasteiger partial charge in [0.05, 0.1) is 5.69 Å². The van der Waals surface area contributed by atoms with Crippen LogP contribution < -0.4 is 10.7 Å². The number of halogens is 1. The Labute approximate surface area is 141 Å². The van der Waals surface area contributed by atoms with Gasteiger partial charge in [-0.15, -0.1) is 0 Å². The molecular weight excluding hydrogens is 309 g/mol. The first-order chi connectivity index (χ1) is 11.3. The van der Waals surface area contributed by atoms with E-state index in [-0.39, 0.29) is 11.1 Å². The molecule has 1 aliphatic carbocycles. The van der Waals surface area contributed by atoms with Crippen molar-refractivity contribution in [2.75, 3.05) is 5.32 Å². The van der Waals surface area contributed by atoms with Crippen LogP contribution in [-0.4, -0.2) is 17.5 Å². The number of benzene rings is 1. The summed E-state index contributed by atoms with van der Waals surface area (Å²) in [6, 6.07) is 5.68. The molecule has 130 valence electrons. The molecular formula is C18H24FN3O2. The first kappa shape index (κ1) is 18.1. The molecule has 1 fully saturated rings. The van der Waals surface area contributed by atoms with Gasteiger partial charge >= 0.3 is 11.8 Å². The smallest absolute Gasteiger partial charge is 0.315 e. The van der Waals surface area contributed by atoms with Crippen molar-refractivity contribution in [3.63, 3.8) is 0 Å². The molecule has 1 saturated carbocycles. The van der Waals surface area contributed by atoms with Crippen LogP contribution in [-0.2, 0) is 9.59 Å². The summed E-state index contributed by atoms with van der Waals surface area (Å²) in [5, 5.41) is 6.28. The molecule has 1 aromatic carbocycles. The summed E-state index contributed by atoms with van der Waals surface area (Å²) in [7, 11) is 0. The largest absolute Gasteiger partial charge is 0.329 e. The van der Waals surface area contributed by atoms with Crippen LogP contribution in [0.4, 0.5) is 10.1 Å². The second-order valence-corrected chi connectivity index (χ2v) is 7.19. The molecule has 5 nitrogen and oxygen atoms in total. The Morgan fingerprint density at radius 3 is 2.33 bits per heavy atom. The van der Waals surface area contributed by atoms with E-state index < -0.39 is 17.6 Å². The zero-order chi connectivity index (χ0) is 17.7. The summed E-state index contributed by atoms with van der Waals surface area (Å²) in [6.45, 7) is 6.69. The molecule has 0 atom stereocenters. The van der Waals surface area contributed by atoms with E-state index in [1.165, 1.54) is 18.2 Å². The first-order valence-corrected chi connectivity index (χ1v) is 8.18. The van der Waals surface area contributed by atoms with Crippen LogP contribution in [0.15, 0.2) is 29.4 Å². The monoisotopic (exact) mass is 333 g/mol. The molecule has 1 aliphatic rings. The van der Waals surface area contributed by atoms with Gasteiger partial charge in [-0.25, -0.2) is 9.82 Å². The molecule has 2 rings (SSSR count). The van der Waals surface area contributed by atoms with Crippen LogP contribution in [0.3, 0.4) is 0 Å². The molecule has 0 aromatic heterocycles. The number of rotatable bonds is 2. The van der Waals surface area contributed by atoms with Gasteiger partial charge in [0.1, 0.15) is 5.82 Å². The fourth-order valence-electron chi connectivity index (χ4n) is 2.85. The van der Waals surface area contributed by atoms with E-state index in [2.05, 4.69) is 36.6 Å². The van der Waals surface area contributed by atoms with Crippen molar-refractivity contribution >= 4 is 23.2 Å². The van der Waals surface area contributed by atoms with Gasteiger partial charge in [0.15, 0.2) is 0 Å². The predicted molar refractivity (Wildman–Crippen MR) is 92.0 cm³/mol. The number of para-hydroxylation sites is 1. The minimum Gasteiger partial charge on any atom is -0.315 e. The molecule has 2 N–H and O–H groups in total. The number of carbonyl (C=O) groups is 2. The van der Waals surface area contributed by atoms with Gasteiger partial charge in [-0.2, -0.15) is 5.10 Å². The molecule has 0 unspecified atom stereocenters. The number of hydrogen-bond acceptors (Lipinski definition) is 3. The lowest BCUT2D eigenvalue weighted by Crippen LogP contribution is -2.34. The van der Waals surface area contributed by atoms with Gasteiger partial charge in [-0.3, -0.25) is 9.59 Å². The summed E-state index contributed by atoms with van der Waals surface area (Å²) in [6.07, 6.45) is 3.69. The summed E-state index contributed by atoms with van der Waals surface area (Å²) < 4.78 is 13.4. The molecule has 6 heteroatoms. The van der Waals surface area contributed by atoms with Crippen molar-refractivity contribution in [3.8, 4) is 0 Å². The first-order valence-electron chi connectivity index (χ1n) is 8.18. The number of anilines is 1. The summed E-state index contributed by atoms with van der Waals surface area (Å²) in [5.41, 5.74) is 3.39. The number of nitrogens with zero attached hydrogens (tertiary/aromatic N) is 1. The lowest BCUT2D eigenvalue weighted by atomic mass is 9.72. The number of hydrazone groups is 1. The van der Waals surface area contributed by atoms with Crippen LogP contribution >= 0.6 is 0 Å². The minimum absolute atomic E-state index is 0.0315. The Balaban J connectivity index is 1.85. The molecule has 24 heavy (non-hydrogen) atoms. The SMILES string of the molecule is CC(C)(C)C1CCC(=NNC(=O)C(=O)Nc2ccccc2F)CC1. The summed E-state index contributed by atoms with van der Waals surface area (Å²) >= 11 is 0. The molecule has 1 aromatic rings. The third kappa shape index (κ3) is 4.88. The summed E-state index contributed by atoms with van der Waals surface area (Å²) in [4.78, 5) is 23.5. The minimum atomic E-state index is -0.937. The van der Waals surface area contributed by atoms with E-state index >= 15 is 0 Å². The highest BCUT2D eigenvalue weighted by Crippen LogP contribution is 2.36. The van der Waals surface area contributed by atoms with Gasteiger partial charge in [-0.1, -0.05) is 32.9 Å². The maximum atomic E-state index is 13.4. The van der Waals surface area contributed by atoms with Crippen molar-refractivity contribution in [1.29, 1.82) is 0 Å². The fourth-order valence-corrected chi connectivity index (χ4v) is 2.85. The van der Waals surface area contributed by atoms with E-state index in [1.54, 1.807) is 6.07 Å². The second kappa shape index (κ2) is 7.55. The predicted octanol–water partition coefficient (Wildman–Crippen LogP) is 3.47. The molecule has 0 aliphatic heterocycles. The quantitative estimate of drug-likeness (QED) is 0.642. The molecule has 0 spiro atoms. The Morgan fingerprint density at radius 1 is 1.12 bits per heavy atom. The Kier molecular flexibility index (Phi) is 5.70. The zero-order valence-corrected chi connectivity index (χ0v) is 14.4. The van der Waals surface area contributed by atoms with Crippen LogP contribution in [0.25, 0.3) is 0 Å². The Morgan fingerprint density at radius 2 is 1.75 bits per heavy atom. The van der Waals surface area contributed by atoms with Crippen LogP contribution in [0.2, 0.25) is 0 Å².